The monoisotopic (exact) mass is 434 g/mol. The molecule has 1 aromatic heterocycles. The normalized spacial score (nSPS) is 11.2. The summed E-state index contributed by atoms with van der Waals surface area (Å²) >= 11 is 6.18. The molecular weight excluding hydrogens is 416 g/mol. The first-order chi connectivity index (χ1) is 13.8. The van der Waals surface area contributed by atoms with Gasteiger partial charge in [-0.2, -0.15) is 5.10 Å². The van der Waals surface area contributed by atoms with E-state index in [1.54, 1.807) is 31.2 Å². The Hall–Kier alpha value is -3.42. The van der Waals surface area contributed by atoms with Crippen molar-refractivity contribution in [1.82, 2.24) is 21.3 Å². The van der Waals surface area contributed by atoms with E-state index in [2.05, 4.69) is 31.8 Å². The van der Waals surface area contributed by atoms with Crippen LogP contribution in [0.4, 0.5) is 10.8 Å². The summed E-state index contributed by atoms with van der Waals surface area (Å²) in [5.41, 5.74) is 11.7. The molecule has 13 heteroatoms. The minimum absolute atomic E-state index is 0.0203. The number of allylic oxidation sites excluding steroid dienone is 1. The molecular formula is C16H18N8O3S2. The number of non-ortho nitro benzene ring substituents is 1. The molecule has 0 aliphatic heterocycles. The first kappa shape index (κ1) is 21.9. The SMILES string of the molecule is CC(=O)NNc1nc(C)c(C(/C=C/c2cccc([N+](=O)[O-])c2)=N/NC(=S)NN)s1. The third-order valence-corrected chi connectivity index (χ3v) is 4.60. The lowest BCUT2D eigenvalue weighted by atomic mass is 10.1. The number of benzene rings is 1. The average molecular weight is 435 g/mol. The van der Waals surface area contributed by atoms with Crippen LogP contribution < -0.4 is 27.5 Å². The Kier molecular flexibility index (Phi) is 7.70. The van der Waals surface area contributed by atoms with Crippen LogP contribution in [0.15, 0.2) is 35.4 Å². The van der Waals surface area contributed by atoms with E-state index >= 15 is 0 Å². The molecule has 0 saturated carbocycles. The highest BCUT2D eigenvalue weighted by molar-refractivity contribution is 7.80. The molecule has 1 amide bonds. The van der Waals surface area contributed by atoms with Crippen molar-refractivity contribution in [2.75, 3.05) is 5.43 Å². The van der Waals surface area contributed by atoms with Gasteiger partial charge in [0.15, 0.2) is 0 Å². The molecule has 1 aromatic carbocycles. The van der Waals surface area contributed by atoms with Gasteiger partial charge in [-0.3, -0.25) is 36.6 Å². The molecule has 0 atom stereocenters. The molecule has 152 valence electrons. The molecule has 0 radical (unpaired) electrons. The average Bonchev–Trinajstić information content (AvgIpc) is 3.06. The Morgan fingerprint density at radius 2 is 2.21 bits per heavy atom. The standard InChI is InChI=1S/C16H18N8O3S2/c1-9-14(29-16(18-9)23-20-10(2)25)13(21-22-15(28)19-17)7-6-11-4-3-5-12(8-11)24(26)27/h3-8H,17H2,1-2H3,(H,18,23)(H,20,25)(H2,19,22,28)/b7-6+,21-13+. The minimum Gasteiger partial charge on any atom is -0.300 e. The lowest BCUT2D eigenvalue weighted by Gasteiger charge is -2.04. The van der Waals surface area contributed by atoms with E-state index in [4.69, 9.17) is 18.1 Å². The van der Waals surface area contributed by atoms with Crippen LogP contribution in [0.2, 0.25) is 0 Å². The first-order valence-corrected chi connectivity index (χ1v) is 9.30. The molecule has 2 aromatic rings. The van der Waals surface area contributed by atoms with Gasteiger partial charge in [-0.05, 0) is 30.8 Å². The van der Waals surface area contributed by atoms with Crippen LogP contribution in [-0.2, 0) is 4.79 Å². The zero-order valence-corrected chi connectivity index (χ0v) is 17.1. The number of nitro groups is 1. The van der Waals surface area contributed by atoms with Gasteiger partial charge in [0.1, 0.15) is 5.71 Å². The van der Waals surface area contributed by atoms with E-state index in [0.717, 1.165) is 0 Å². The van der Waals surface area contributed by atoms with E-state index in [0.29, 0.717) is 27.0 Å². The van der Waals surface area contributed by atoms with Crippen LogP contribution in [-0.4, -0.2) is 26.6 Å². The number of aromatic nitrogens is 1. The maximum absolute atomic E-state index is 11.1. The fourth-order valence-electron chi connectivity index (χ4n) is 2.05. The molecule has 0 spiro atoms. The second-order valence-corrected chi connectivity index (χ2v) is 6.91. The molecule has 0 fully saturated rings. The highest BCUT2D eigenvalue weighted by atomic mass is 32.1. The van der Waals surface area contributed by atoms with Gasteiger partial charge in [0.2, 0.25) is 16.2 Å². The van der Waals surface area contributed by atoms with Gasteiger partial charge in [-0.1, -0.05) is 29.5 Å². The number of nitrogens with zero attached hydrogens (tertiary/aromatic N) is 3. The molecule has 6 N–H and O–H groups in total. The number of carbonyl (C=O) groups is 1. The van der Waals surface area contributed by atoms with Crippen LogP contribution in [0.5, 0.6) is 0 Å². The number of hydrazone groups is 1. The number of nitrogens with two attached hydrogens (primary N) is 1. The summed E-state index contributed by atoms with van der Waals surface area (Å²) in [7, 11) is 0. The van der Waals surface area contributed by atoms with Gasteiger partial charge in [0.05, 0.1) is 15.5 Å². The maximum Gasteiger partial charge on any atom is 0.270 e. The zero-order chi connectivity index (χ0) is 21.4. The Bertz CT molecular complexity index is 986. The number of hydrogen-bond acceptors (Lipinski definition) is 9. The predicted molar refractivity (Wildman–Crippen MR) is 116 cm³/mol. The topological polar surface area (TPSA) is 160 Å². The van der Waals surface area contributed by atoms with Crippen molar-refractivity contribution >= 4 is 57.2 Å². The number of carbonyl (C=O) groups excluding carboxylic acids is 1. The van der Waals surface area contributed by atoms with E-state index in [1.807, 2.05) is 0 Å². The first-order valence-electron chi connectivity index (χ1n) is 8.07. The Labute approximate surface area is 175 Å². The summed E-state index contributed by atoms with van der Waals surface area (Å²) in [4.78, 5) is 26.6. The lowest BCUT2D eigenvalue weighted by molar-refractivity contribution is -0.384. The highest BCUT2D eigenvalue weighted by Gasteiger charge is 2.13. The molecule has 0 aliphatic rings. The fourth-order valence-corrected chi connectivity index (χ4v) is 2.99. The molecule has 0 saturated heterocycles. The predicted octanol–water partition coefficient (Wildman–Crippen LogP) is 1.58. The van der Waals surface area contributed by atoms with Crippen molar-refractivity contribution in [3.63, 3.8) is 0 Å². The van der Waals surface area contributed by atoms with Crippen LogP contribution in [0.1, 0.15) is 23.1 Å². The van der Waals surface area contributed by atoms with E-state index < -0.39 is 4.92 Å². The lowest BCUT2D eigenvalue weighted by Crippen LogP contribution is -2.37. The number of amides is 1. The Morgan fingerprint density at radius 3 is 2.86 bits per heavy atom. The van der Waals surface area contributed by atoms with E-state index in [-0.39, 0.29) is 16.7 Å². The summed E-state index contributed by atoms with van der Waals surface area (Å²) in [5, 5.41) is 15.7. The second kappa shape index (κ2) is 10.2. The molecule has 2 rings (SSSR count). The van der Waals surface area contributed by atoms with Crippen molar-refractivity contribution in [1.29, 1.82) is 0 Å². The largest absolute Gasteiger partial charge is 0.300 e. The number of hydrazine groups is 2. The molecule has 11 nitrogen and oxygen atoms in total. The number of thiocarbonyl (C=S) groups is 1. The summed E-state index contributed by atoms with van der Waals surface area (Å²) in [5.74, 6) is 4.98. The molecule has 0 bridgehead atoms. The number of nitro benzene ring substituents is 1. The summed E-state index contributed by atoms with van der Waals surface area (Å²) in [6.45, 7) is 3.15. The van der Waals surface area contributed by atoms with E-state index in [9.17, 15) is 14.9 Å². The van der Waals surface area contributed by atoms with Crippen molar-refractivity contribution in [2.24, 2.45) is 10.9 Å². The molecule has 1 heterocycles. The molecule has 0 aliphatic carbocycles. The minimum atomic E-state index is -0.466. The second-order valence-electron chi connectivity index (χ2n) is 5.51. The van der Waals surface area contributed by atoms with Gasteiger partial charge < -0.3 is 0 Å². The summed E-state index contributed by atoms with van der Waals surface area (Å²) in [6.07, 6.45) is 3.33. The Morgan fingerprint density at radius 1 is 1.45 bits per heavy atom. The van der Waals surface area contributed by atoms with Crippen molar-refractivity contribution in [3.8, 4) is 0 Å². The molecule has 29 heavy (non-hydrogen) atoms. The van der Waals surface area contributed by atoms with Gasteiger partial charge in [0.25, 0.3) is 5.69 Å². The highest BCUT2D eigenvalue weighted by Crippen LogP contribution is 2.24. The van der Waals surface area contributed by atoms with Crippen LogP contribution in [0.3, 0.4) is 0 Å². The number of aryl methyl sites for hydroxylation is 1. The van der Waals surface area contributed by atoms with Crippen molar-refractivity contribution in [2.45, 2.75) is 13.8 Å². The van der Waals surface area contributed by atoms with Crippen LogP contribution in [0, 0.1) is 17.0 Å². The van der Waals surface area contributed by atoms with Crippen molar-refractivity contribution in [3.05, 3.63) is 56.6 Å². The number of hydrogen-bond donors (Lipinski definition) is 5. The number of anilines is 1. The van der Waals surface area contributed by atoms with E-state index in [1.165, 1.54) is 30.4 Å². The number of thiazole rings is 1. The molecule has 0 unspecified atom stereocenters. The van der Waals surface area contributed by atoms with Gasteiger partial charge >= 0.3 is 0 Å². The summed E-state index contributed by atoms with van der Waals surface area (Å²) < 4.78 is 0. The quantitative estimate of drug-likeness (QED) is 0.143. The van der Waals surface area contributed by atoms with Crippen LogP contribution >= 0.6 is 23.6 Å². The van der Waals surface area contributed by atoms with Gasteiger partial charge in [0, 0.05) is 19.1 Å². The fraction of sp³-hybridized carbons (Fsp3) is 0.125. The van der Waals surface area contributed by atoms with Gasteiger partial charge in [-0.25, -0.2) is 10.8 Å². The van der Waals surface area contributed by atoms with Crippen LogP contribution in [0.25, 0.3) is 6.08 Å². The third-order valence-electron chi connectivity index (χ3n) is 3.30. The summed E-state index contributed by atoms with van der Waals surface area (Å²) in [6, 6.07) is 6.17. The Balaban J connectivity index is 2.35. The zero-order valence-electron chi connectivity index (χ0n) is 15.4. The number of rotatable bonds is 7. The van der Waals surface area contributed by atoms with Crippen molar-refractivity contribution < 1.29 is 9.72 Å². The van der Waals surface area contributed by atoms with Gasteiger partial charge in [-0.15, -0.1) is 0 Å². The third kappa shape index (κ3) is 6.60. The number of nitrogens with one attached hydrogen (secondary N) is 4. The smallest absolute Gasteiger partial charge is 0.270 e. The maximum atomic E-state index is 11.1.